The predicted octanol–water partition coefficient (Wildman–Crippen LogP) is 18.4. The van der Waals surface area contributed by atoms with E-state index in [0.29, 0.717) is 0 Å². The highest BCUT2D eigenvalue weighted by Gasteiger charge is 2.64. The van der Waals surface area contributed by atoms with Crippen LogP contribution in [0.5, 0.6) is 0 Å². The van der Waals surface area contributed by atoms with Crippen LogP contribution in [0.3, 0.4) is 0 Å². The number of nitrogens with zero attached hydrogens (tertiary/aromatic N) is 2. The molecular weight excluding hydrogens is 813 g/mol. The van der Waals surface area contributed by atoms with E-state index in [1.165, 1.54) is 180 Å². The Kier molecular flexibility index (Phi) is 30.2. The molecule has 0 aromatic rings. The van der Waals surface area contributed by atoms with Crippen LogP contribution in [0.4, 0.5) is 0 Å². The van der Waals surface area contributed by atoms with Crippen molar-refractivity contribution in [2.75, 3.05) is 13.1 Å². The molecule has 6 nitrogen and oxygen atoms in total. The van der Waals surface area contributed by atoms with Gasteiger partial charge >= 0.3 is 11.9 Å². The molecular formula is C60H116N2O4. The second-order valence-corrected chi connectivity index (χ2v) is 23.0. The summed E-state index contributed by atoms with van der Waals surface area (Å²) in [4.78, 5) is 33.4. The molecule has 0 aromatic heterocycles. The molecule has 2 aliphatic heterocycles. The molecule has 0 aromatic carbocycles. The molecule has 66 heavy (non-hydrogen) atoms. The Bertz CT molecular complexity index is 1100. The highest BCUT2D eigenvalue weighted by atomic mass is 16.4. The molecule has 6 heteroatoms. The van der Waals surface area contributed by atoms with Crippen LogP contribution in [0.2, 0.25) is 0 Å². The number of rotatable bonds is 41. The molecule has 0 spiro atoms. The predicted molar refractivity (Wildman–Crippen MR) is 286 cm³/mol. The Balaban J connectivity index is 3.23. The Labute approximate surface area is 412 Å². The van der Waals surface area contributed by atoms with Gasteiger partial charge in [0, 0.05) is 28.6 Å². The van der Waals surface area contributed by atoms with Crippen molar-refractivity contribution in [2.24, 2.45) is 17.3 Å². The van der Waals surface area contributed by atoms with E-state index in [4.69, 9.17) is 0 Å². The third kappa shape index (κ3) is 16.7. The minimum Gasteiger partial charge on any atom is -0.481 e. The van der Waals surface area contributed by atoms with E-state index in [0.717, 1.165) is 77.3 Å². The smallest absolute Gasteiger partial charge is 0.310 e. The molecule has 2 N–H and O–H groups in total. The summed E-state index contributed by atoms with van der Waals surface area (Å²) in [6, 6.07) is 0. The third-order valence-electron chi connectivity index (χ3n) is 18.1. The number of carbonyl (C=O) groups is 2. The molecule has 0 atom stereocenters. The van der Waals surface area contributed by atoms with Gasteiger partial charge in [-0.25, -0.2) is 0 Å². The summed E-state index contributed by atoms with van der Waals surface area (Å²) in [6.07, 6.45) is 43.5. The number of piperidine rings is 2. The van der Waals surface area contributed by atoms with Crippen LogP contribution >= 0.6 is 0 Å². The van der Waals surface area contributed by atoms with Crippen molar-refractivity contribution >= 4 is 11.9 Å². The summed E-state index contributed by atoms with van der Waals surface area (Å²) in [5.74, 6) is -0.880. The second-order valence-electron chi connectivity index (χ2n) is 23.0. The minimum absolute atomic E-state index is 0.0218. The molecule has 2 rings (SSSR count). The fourth-order valence-corrected chi connectivity index (χ4v) is 14.6. The van der Waals surface area contributed by atoms with Crippen molar-refractivity contribution in [1.29, 1.82) is 0 Å². The summed E-state index contributed by atoms with van der Waals surface area (Å²) in [6.45, 7) is 26.1. The lowest BCUT2D eigenvalue weighted by atomic mass is 9.49. The lowest BCUT2D eigenvalue weighted by molar-refractivity contribution is -0.193. The summed E-state index contributed by atoms with van der Waals surface area (Å²) in [7, 11) is 0. The van der Waals surface area contributed by atoms with E-state index in [2.05, 4.69) is 79.0 Å². The molecule has 0 aliphatic carbocycles. The number of carboxylic acids is 2. The number of hydrogen-bond acceptors (Lipinski definition) is 4. The van der Waals surface area contributed by atoms with E-state index < -0.39 is 17.4 Å². The Hall–Kier alpha value is -1.14. The van der Waals surface area contributed by atoms with E-state index in [9.17, 15) is 15.0 Å². The lowest BCUT2D eigenvalue weighted by Gasteiger charge is -2.67. The van der Waals surface area contributed by atoms with E-state index in [1.54, 1.807) is 0 Å². The average molecular weight is 930 g/mol. The fourth-order valence-electron chi connectivity index (χ4n) is 14.6. The standard InChI is InChI=1S/C60H116N2O4/c1-11-21-37-56(38-22-12-2)48-52(49-57(39-23-13-3,40-24-14-4)61(56)46-29-19-9)60(55(65)66,45-35-33-31-32-34-36-54(63)64)53-50-58(41-25-15-5,42-26-16-6)62(47-30-20-10)59(51-53,43-27-17-7)44-28-18-8/h52-53H,11-51H2,1-10H3,(H,63,64)(H,65,66). The zero-order valence-electron chi connectivity index (χ0n) is 46.3. The fraction of sp³-hybridized carbons (Fsp3) is 0.967. The van der Waals surface area contributed by atoms with Gasteiger partial charge in [-0.15, -0.1) is 0 Å². The van der Waals surface area contributed by atoms with Crippen LogP contribution < -0.4 is 0 Å². The monoisotopic (exact) mass is 929 g/mol. The number of aliphatic carboxylic acids is 2. The summed E-state index contributed by atoms with van der Waals surface area (Å²) in [5.41, 5.74) is -0.709. The highest BCUT2D eigenvalue weighted by molar-refractivity contribution is 5.76. The van der Waals surface area contributed by atoms with Crippen molar-refractivity contribution < 1.29 is 19.8 Å². The van der Waals surface area contributed by atoms with Gasteiger partial charge < -0.3 is 10.2 Å². The number of likely N-dealkylation sites (tertiary alicyclic amines) is 2. The molecule has 0 bridgehead atoms. The van der Waals surface area contributed by atoms with Gasteiger partial charge in [0.15, 0.2) is 0 Å². The maximum Gasteiger partial charge on any atom is 0.310 e. The van der Waals surface area contributed by atoms with Crippen molar-refractivity contribution in [1.82, 2.24) is 9.80 Å². The maximum atomic E-state index is 15.6. The third-order valence-corrected chi connectivity index (χ3v) is 18.1. The molecule has 2 aliphatic rings. The van der Waals surface area contributed by atoms with Gasteiger partial charge in [-0.3, -0.25) is 19.4 Å². The molecule has 2 saturated heterocycles. The first-order valence-corrected chi connectivity index (χ1v) is 29.9. The van der Waals surface area contributed by atoms with Crippen LogP contribution in [-0.2, 0) is 9.59 Å². The maximum absolute atomic E-state index is 15.6. The van der Waals surface area contributed by atoms with E-state index in [1.807, 2.05) is 0 Å². The topological polar surface area (TPSA) is 81.1 Å². The molecule has 0 saturated carbocycles. The van der Waals surface area contributed by atoms with E-state index in [-0.39, 0.29) is 40.4 Å². The normalized spacial score (nSPS) is 19.1. The van der Waals surface area contributed by atoms with Gasteiger partial charge in [-0.05, 0) is 128 Å². The van der Waals surface area contributed by atoms with Crippen molar-refractivity contribution in [3.05, 3.63) is 0 Å². The van der Waals surface area contributed by atoms with Crippen molar-refractivity contribution in [3.63, 3.8) is 0 Å². The largest absolute Gasteiger partial charge is 0.481 e. The lowest BCUT2D eigenvalue weighted by Crippen LogP contribution is -2.71. The van der Waals surface area contributed by atoms with Crippen LogP contribution in [0, 0.1) is 17.3 Å². The van der Waals surface area contributed by atoms with Gasteiger partial charge in [0.2, 0.25) is 0 Å². The molecule has 0 unspecified atom stereocenters. The minimum atomic E-state index is -0.796. The van der Waals surface area contributed by atoms with Crippen molar-refractivity contribution in [2.45, 2.75) is 342 Å². The zero-order valence-corrected chi connectivity index (χ0v) is 46.3. The van der Waals surface area contributed by atoms with Gasteiger partial charge in [-0.2, -0.15) is 0 Å². The van der Waals surface area contributed by atoms with E-state index >= 15 is 4.79 Å². The first kappa shape index (κ1) is 61.0. The SMILES string of the molecule is CCCCN1C(CCCC)(CCCC)CC(C(CCCCCCCC(=O)O)(C(=O)O)C2CC(CCCC)(CCCC)N(CCCC)C(CCCC)(CCCC)C2)CC1(CCCC)CCCC. The van der Waals surface area contributed by atoms with Crippen LogP contribution in [-0.4, -0.2) is 67.2 Å². The second kappa shape index (κ2) is 32.7. The van der Waals surface area contributed by atoms with Crippen LogP contribution in [0.25, 0.3) is 0 Å². The quantitative estimate of drug-likeness (QED) is 0.0595. The summed E-state index contributed by atoms with van der Waals surface area (Å²) in [5, 5.41) is 22.3. The molecule has 2 fully saturated rings. The molecule has 0 amide bonds. The Morgan fingerprint density at radius 2 is 0.652 bits per heavy atom. The van der Waals surface area contributed by atoms with Crippen molar-refractivity contribution in [3.8, 4) is 0 Å². The van der Waals surface area contributed by atoms with Gasteiger partial charge in [-0.1, -0.05) is 210 Å². The summed E-state index contributed by atoms with van der Waals surface area (Å²) < 4.78 is 0. The highest BCUT2D eigenvalue weighted by Crippen LogP contribution is 2.63. The molecule has 2 heterocycles. The van der Waals surface area contributed by atoms with Gasteiger partial charge in [0.05, 0.1) is 5.41 Å². The van der Waals surface area contributed by atoms with Gasteiger partial charge in [0.25, 0.3) is 0 Å². The van der Waals surface area contributed by atoms with Crippen LogP contribution in [0.15, 0.2) is 0 Å². The average Bonchev–Trinajstić information content (AvgIpc) is 3.31. The molecule has 390 valence electrons. The van der Waals surface area contributed by atoms with Gasteiger partial charge in [0.1, 0.15) is 0 Å². The number of hydrogen-bond donors (Lipinski definition) is 2. The number of carboxylic acid groups (broad SMARTS) is 2. The molecule has 0 radical (unpaired) electrons. The first-order valence-electron chi connectivity index (χ1n) is 29.9. The first-order chi connectivity index (χ1) is 31.9. The number of unbranched alkanes of at least 4 members (excludes halogenated alkanes) is 14. The van der Waals surface area contributed by atoms with Crippen LogP contribution in [0.1, 0.15) is 320 Å². The Morgan fingerprint density at radius 3 is 0.894 bits per heavy atom. The summed E-state index contributed by atoms with van der Waals surface area (Å²) >= 11 is 0. The Morgan fingerprint density at radius 1 is 0.394 bits per heavy atom. The zero-order chi connectivity index (χ0) is 49.0.